The summed E-state index contributed by atoms with van der Waals surface area (Å²) in [5.74, 6) is -1.10. The van der Waals surface area contributed by atoms with Gasteiger partial charge in [-0.05, 0) is 36.4 Å². The average molecular weight is 356 g/mol. The molecule has 2 rings (SSSR count). The highest BCUT2D eigenvalue weighted by molar-refractivity contribution is 9.10. The Morgan fingerprint density at radius 1 is 1.14 bits per heavy atom. The number of hydrogen-bond donors (Lipinski definition) is 1. The Hall–Kier alpha value is -1.46. The Morgan fingerprint density at radius 3 is 2.71 bits per heavy atom. The quantitative estimate of drug-likeness (QED) is 0.828. The second-order valence-corrected chi connectivity index (χ2v) is 5.39. The van der Waals surface area contributed by atoms with E-state index in [2.05, 4.69) is 21.2 Å². The molecule has 0 aliphatic rings. The van der Waals surface area contributed by atoms with E-state index in [4.69, 9.17) is 4.74 Å². The third-order valence-electron chi connectivity index (χ3n) is 3.01. The summed E-state index contributed by atoms with van der Waals surface area (Å²) in [6, 6.07) is 9.61. The van der Waals surface area contributed by atoms with Crippen LogP contribution in [0.5, 0.6) is 5.75 Å². The number of halogens is 3. The lowest BCUT2D eigenvalue weighted by Gasteiger charge is -2.11. The Labute approximate surface area is 131 Å². The Morgan fingerprint density at radius 2 is 1.95 bits per heavy atom. The molecule has 0 fully saturated rings. The first-order chi connectivity index (χ1) is 10.1. The first-order valence-electron chi connectivity index (χ1n) is 6.66. The van der Waals surface area contributed by atoms with Crippen LogP contribution in [0.1, 0.15) is 18.1 Å². The summed E-state index contributed by atoms with van der Waals surface area (Å²) in [6.45, 7) is 3.60. The zero-order valence-corrected chi connectivity index (χ0v) is 13.2. The van der Waals surface area contributed by atoms with Gasteiger partial charge in [0, 0.05) is 16.6 Å². The second kappa shape index (κ2) is 7.52. The maximum Gasteiger partial charge on any atom is 0.165 e. The lowest BCUT2D eigenvalue weighted by Crippen LogP contribution is -2.12. The van der Waals surface area contributed by atoms with Crippen molar-refractivity contribution >= 4 is 15.9 Å². The molecule has 0 saturated carbocycles. The van der Waals surface area contributed by atoms with Crippen LogP contribution in [0.25, 0.3) is 0 Å². The molecule has 112 valence electrons. The van der Waals surface area contributed by atoms with Gasteiger partial charge in [0.05, 0.1) is 0 Å². The Bertz CT molecular complexity index is 619. The van der Waals surface area contributed by atoms with Gasteiger partial charge in [0.25, 0.3) is 0 Å². The molecular weight excluding hydrogens is 340 g/mol. The van der Waals surface area contributed by atoms with Crippen molar-refractivity contribution in [2.75, 3.05) is 6.54 Å². The van der Waals surface area contributed by atoms with E-state index in [0.717, 1.165) is 22.6 Å². The molecule has 1 N–H and O–H groups in total. The number of ether oxygens (including phenoxy) is 1. The SMILES string of the molecule is CCNCc1cc(OCc2cccc(F)c2F)ccc1Br. The van der Waals surface area contributed by atoms with E-state index in [-0.39, 0.29) is 12.2 Å². The highest BCUT2D eigenvalue weighted by atomic mass is 79.9. The topological polar surface area (TPSA) is 21.3 Å². The van der Waals surface area contributed by atoms with Crippen molar-refractivity contribution in [1.29, 1.82) is 0 Å². The fourth-order valence-corrected chi connectivity index (χ4v) is 2.24. The lowest BCUT2D eigenvalue weighted by molar-refractivity contribution is 0.297. The minimum Gasteiger partial charge on any atom is -0.489 e. The van der Waals surface area contributed by atoms with Crippen LogP contribution in [0.3, 0.4) is 0 Å². The maximum atomic E-state index is 13.5. The van der Waals surface area contributed by atoms with Crippen molar-refractivity contribution in [3.63, 3.8) is 0 Å². The molecule has 2 nitrogen and oxygen atoms in total. The number of nitrogens with one attached hydrogen (secondary N) is 1. The number of rotatable bonds is 6. The Kier molecular flexibility index (Phi) is 5.70. The van der Waals surface area contributed by atoms with E-state index < -0.39 is 11.6 Å². The van der Waals surface area contributed by atoms with Crippen LogP contribution in [-0.2, 0) is 13.2 Å². The summed E-state index contributed by atoms with van der Waals surface area (Å²) in [5, 5.41) is 3.23. The molecule has 0 radical (unpaired) electrons. The maximum absolute atomic E-state index is 13.5. The average Bonchev–Trinajstić information content (AvgIpc) is 2.49. The molecule has 0 atom stereocenters. The van der Waals surface area contributed by atoms with E-state index in [1.807, 2.05) is 19.1 Å². The van der Waals surface area contributed by atoms with E-state index in [1.165, 1.54) is 12.1 Å². The van der Waals surface area contributed by atoms with Gasteiger partial charge in [-0.15, -0.1) is 0 Å². The van der Waals surface area contributed by atoms with Gasteiger partial charge in [0.2, 0.25) is 0 Å². The van der Waals surface area contributed by atoms with Gasteiger partial charge in [-0.25, -0.2) is 8.78 Å². The van der Waals surface area contributed by atoms with Gasteiger partial charge >= 0.3 is 0 Å². The van der Waals surface area contributed by atoms with Crippen molar-refractivity contribution in [3.8, 4) is 5.75 Å². The van der Waals surface area contributed by atoms with Crippen LogP contribution in [0.2, 0.25) is 0 Å². The van der Waals surface area contributed by atoms with Crippen LogP contribution in [0, 0.1) is 11.6 Å². The molecule has 0 unspecified atom stereocenters. The normalized spacial score (nSPS) is 10.7. The monoisotopic (exact) mass is 355 g/mol. The zero-order valence-electron chi connectivity index (χ0n) is 11.6. The third-order valence-corrected chi connectivity index (χ3v) is 3.78. The molecule has 0 heterocycles. The molecule has 0 bridgehead atoms. The fraction of sp³-hybridized carbons (Fsp3) is 0.250. The van der Waals surface area contributed by atoms with Gasteiger partial charge in [-0.3, -0.25) is 0 Å². The van der Waals surface area contributed by atoms with Crippen LogP contribution >= 0.6 is 15.9 Å². The Balaban J connectivity index is 2.07. The molecule has 0 amide bonds. The summed E-state index contributed by atoms with van der Waals surface area (Å²) in [6.07, 6.45) is 0. The molecule has 5 heteroatoms. The first-order valence-corrected chi connectivity index (χ1v) is 7.46. The van der Waals surface area contributed by atoms with E-state index in [1.54, 1.807) is 6.07 Å². The van der Waals surface area contributed by atoms with Gasteiger partial charge < -0.3 is 10.1 Å². The lowest BCUT2D eigenvalue weighted by atomic mass is 10.2. The molecule has 0 aromatic heterocycles. The minimum absolute atomic E-state index is 0.00806. The molecular formula is C16H16BrF2NO. The first kappa shape index (κ1) is 15.9. The highest BCUT2D eigenvalue weighted by Crippen LogP contribution is 2.23. The molecule has 0 spiro atoms. The smallest absolute Gasteiger partial charge is 0.165 e. The predicted octanol–water partition coefficient (Wildman–Crippen LogP) is 4.42. The van der Waals surface area contributed by atoms with Crippen molar-refractivity contribution in [1.82, 2.24) is 5.32 Å². The van der Waals surface area contributed by atoms with E-state index >= 15 is 0 Å². The van der Waals surface area contributed by atoms with Crippen molar-refractivity contribution < 1.29 is 13.5 Å². The standard InChI is InChI=1S/C16H16BrF2NO/c1-2-20-9-12-8-13(6-7-14(12)17)21-10-11-4-3-5-15(18)16(11)19/h3-8,20H,2,9-10H2,1H3. The highest BCUT2D eigenvalue weighted by Gasteiger charge is 2.09. The van der Waals surface area contributed by atoms with Crippen LogP contribution in [-0.4, -0.2) is 6.54 Å². The molecule has 0 saturated heterocycles. The van der Waals surface area contributed by atoms with Crippen LogP contribution in [0.15, 0.2) is 40.9 Å². The fourth-order valence-electron chi connectivity index (χ4n) is 1.86. The van der Waals surface area contributed by atoms with Crippen molar-refractivity contribution in [2.24, 2.45) is 0 Å². The second-order valence-electron chi connectivity index (χ2n) is 4.54. The largest absolute Gasteiger partial charge is 0.489 e. The van der Waals surface area contributed by atoms with Gasteiger partial charge in [0.15, 0.2) is 11.6 Å². The molecule has 2 aromatic rings. The predicted molar refractivity (Wildman–Crippen MR) is 82.2 cm³/mol. The van der Waals surface area contributed by atoms with Crippen LogP contribution < -0.4 is 10.1 Å². The molecule has 0 aliphatic heterocycles. The van der Waals surface area contributed by atoms with Gasteiger partial charge in [-0.1, -0.05) is 35.0 Å². The molecule has 0 aliphatic carbocycles. The summed E-state index contributed by atoms with van der Waals surface area (Å²) in [4.78, 5) is 0. The summed E-state index contributed by atoms with van der Waals surface area (Å²) in [7, 11) is 0. The van der Waals surface area contributed by atoms with Gasteiger partial charge in [-0.2, -0.15) is 0 Å². The number of benzene rings is 2. The third kappa shape index (κ3) is 4.25. The number of hydrogen-bond acceptors (Lipinski definition) is 2. The zero-order chi connectivity index (χ0) is 15.2. The molecule has 2 aromatic carbocycles. The molecule has 21 heavy (non-hydrogen) atoms. The minimum atomic E-state index is -0.861. The summed E-state index contributed by atoms with van der Waals surface area (Å²) < 4.78 is 33.2. The summed E-state index contributed by atoms with van der Waals surface area (Å²) >= 11 is 3.47. The van der Waals surface area contributed by atoms with E-state index in [0.29, 0.717) is 12.3 Å². The van der Waals surface area contributed by atoms with Gasteiger partial charge in [0.1, 0.15) is 12.4 Å². The van der Waals surface area contributed by atoms with Crippen molar-refractivity contribution in [3.05, 3.63) is 63.6 Å². The summed E-state index contributed by atoms with van der Waals surface area (Å²) in [5.41, 5.74) is 1.25. The van der Waals surface area contributed by atoms with Crippen molar-refractivity contribution in [2.45, 2.75) is 20.1 Å². The van der Waals surface area contributed by atoms with Crippen LogP contribution in [0.4, 0.5) is 8.78 Å². The van der Waals surface area contributed by atoms with E-state index in [9.17, 15) is 8.78 Å².